The lowest BCUT2D eigenvalue weighted by molar-refractivity contribution is -0.137. The van der Waals surface area contributed by atoms with Crippen molar-refractivity contribution in [1.82, 2.24) is 5.32 Å². The van der Waals surface area contributed by atoms with Crippen molar-refractivity contribution in [2.24, 2.45) is 0 Å². The molecule has 1 atom stereocenters. The number of alkyl halides is 3. The zero-order valence-electron chi connectivity index (χ0n) is 11.0. The van der Waals surface area contributed by atoms with Crippen molar-refractivity contribution in [3.05, 3.63) is 28.2 Å². The minimum absolute atomic E-state index is 0.00790. The number of amides is 1. The van der Waals surface area contributed by atoms with E-state index in [4.69, 9.17) is 0 Å². The van der Waals surface area contributed by atoms with Crippen LogP contribution in [-0.4, -0.2) is 30.0 Å². The predicted octanol–water partition coefficient (Wildman–Crippen LogP) is 3.50. The van der Waals surface area contributed by atoms with E-state index in [1.54, 1.807) is 11.8 Å². The zero-order valence-corrected chi connectivity index (χ0v) is 13.4. The van der Waals surface area contributed by atoms with E-state index in [0.29, 0.717) is 4.47 Å². The highest BCUT2D eigenvalue weighted by Gasteiger charge is 2.34. The van der Waals surface area contributed by atoms with Crippen molar-refractivity contribution in [2.75, 3.05) is 23.4 Å². The van der Waals surface area contributed by atoms with E-state index in [1.807, 2.05) is 0 Å². The molecule has 1 aromatic rings. The molecule has 116 valence electrons. The van der Waals surface area contributed by atoms with Crippen LogP contribution in [0.4, 0.5) is 18.9 Å². The summed E-state index contributed by atoms with van der Waals surface area (Å²) in [5.74, 6) is 1.37. The van der Waals surface area contributed by atoms with Gasteiger partial charge in [0, 0.05) is 35.0 Å². The van der Waals surface area contributed by atoms with Crippen LogP contribution in [0.1, 0.15) is 12.0 Å². The molecular weight excluding hydrogens is 369 g/mol. The molecule has 0 aliphatic carbocycles. The minimum Gasteiger partial charge on any atom is -0.325 e. The van der Waals surface area contributed by atoms with Crippen molar-refractivity contribution < 1.29 is 18.0 Å². The first kappa shape index (κ1) is 16.6. The topological polar surface area (TPSA) is 41.1 Å². The number of hydrogen-bond acceptors (Lipinski definition) is 3. The van der Waals surface area contributed by atoms with Crippen LogP contribution in [0.15, 0.2) is 22.7 Å². The maximum Gasteiger partial charge on any atom is 0.418 e. The number of carbonyl (C=O) groups is 1. The highest BCUT2D eigenvalue weighted by molar-refractivity contribution is 9.10. The zero-order chi connectivity index (χ0) is 15.5. The Morgan fingerprint density at radius 1 is 1.48 bits per heavy atom. The van der Waals surface area contributed by atoms with Crippen LogP contribution in [0.5, 0.6) is 0 Å². The summed E-state index contributed by atoms with van der Waals surface area (Å²) >= 11 is 4.74. The highest BCUT2D eigenvalue weighted by Crippen LogP contribution is 2.36. The number of carbonyl (C=O) groups excluding carboxylic acids is 1. The van der Waals surface area contributed by atoms with Crippen LogP contribution in [0.3, 0.4) is 0 Å². The Labute approximate surface area is 133 Å². The predicted molar refractivity (Wildman–Crippen MR) is 81.5 cm³/mol. The molecule has 2 rings (SSSR count). The molecule has 1 fully saturated rings. The molecule has 2 N–H and O–H groups in total. The van der Waals surface area contributed by atoms with Crippen molar-refractivity contribution in [3.8, 4) is 0 Å². The fourth-order valence-corrected chi connectivity index (χ4v) is 3.35. The second-order valence-corrected chi connectivity index (χ2v) is 6.73. The Bertz CT molecular complexity index is 519. The Kier molecular flexibility index (Phi) is 5.56. The first-order valence-corrected chi connectivity index (χ1v) is 8.29. The highest BCUT2D eigenvalue weighted by atomic mass is 79.9. The Hall–Kier alpha value is -0.730. The number of benzene rings is 1. The summed E-state index contributed by atoms with van der Waals surface area (Å²) in [6, 6.07) is 3.70. The van der Waals surface area contributed by atoms with E-state index in [-0.39, 0.29) is 18.2 Å². The summed E-state index contributed by atoms with van der Waals surface area (Å²) in [6.45, 7) is 0.814. The van der Waals surface area contributed by atoms with Gasteiger partial charge in [-0.2, -0.15) is 24.9 Å². The molecule has 1 unspecified atom stereocenters. The smallest absolute Gasteiger partial charge is 0.325 e. The van der Waals surface area contributed by atoms with E-state index >= 15 is 0 Å². The molecule has 21 heavy (non-hydrogen) atoms. The summed E-state index contributed by atoms with van der Waals surface area (Å²) < 4.78 is 39.2. The van der Waals surface area contributed by atoms with Gasteiger partial charge in [0.2, 0.25) is 5.91 Å². The molecule has 0 bridgehead atoms. The molecule has 1 saturated heterocycles. The van der Waals surface area contributed by atoms with Crippen molar-refractivity contribution in [1.29, 1.82) is 0 Å². The van der Waals surface area contributed by atoms with Gasteiger partial charge in [-0.3, -0.25) is 4.79 Å². The first-order valence-electron chi connectivity index (χ1n) is 6.34. The molecule has 1 heterocycles. The maximum atomic E-state index is 12.9. The number of hydrogen-bond donors (Lipinski definition) is 2. The largest absolute Gasteiger partial charge is 0.418 e. The van der Waals surface area contributed by atoms with Crippen LogP contribution in [0, 0.1) is 0 Å². The average Bonchev–Trinajstić information content (AvgIpc) is 2.40. The third kappa shape index (κ3) is 4.89. The summed E-state index contributed by atoms with van der Waals surface area (Å²) in [7, 11) is 0. The molecule has 8 heteroatoms. The molecule has 0 saturated carbocycles. The van der Waals surface area contributed by atoms with Crippen LogP contribution >= 0.6 is 27.7 Å². The molecule has 1 aromatic carbocycles. The number of anilines is 1. The van der Waals surface area contributed by atoms with Gasteiger partial charge in [-0.1, -0.05) is 15.9 Å². The number of rotatable bonds is 3. The third-order valence-corrected chi connectivity index (χ3v) is 4.62. The normalized spacial score (nSPS) is 19.3. The SMILES string of the molecule is O=C(CC1CSCCN1)Nc1ccc(Br)cc1C(F)(F)F. The molecule has 1 aliphatic heterocycles. The number of halogens is 4. The van der Waals surface area contributed by atoms with Gasteiger partial charge in [0.05, 0.1) is 11.3 Å². The van der Waals surface area contributed by atoms with Gasteiger partial charge in [-0.15, -0.1) is 0 Å². The summed E-state index contributed by atoms with van der Waals surface area (Å²) in [5, 5.41) is 5.54. The molecule has 1 aliphatic rings. The molecule has 3 nitrogen and oxygen atoms in total. The van der Waals surface area contributed by atoms with Crippen molar-refractivity contribution >= 4 is 39.3 Å². The van der Waals surface area contributed by atoms with Gasteiger partial charge >= 0.3 is 6.18 Å². The van der Waals surface area contributed by atoms with E-state index < -0.39 is 17.6 Å². The Balaban J connectivity index is 2.06. The third-order valence-electron chi connectivity index (χ3n) is 2.99. The monoisotopic (exact) mass is 382 g/mol. The van der Waals surface area contributed by atoms with Crippen LogP contribution in [-0.2, 0) is 11.0 Å². The first-order chi connectivity index (χ1) is 9.86. The summed E-state index contributed by atoms with van der Waals surface area (Å²) in [6.07, 6.45) is -4.34. The minimum atomic E-state index is -4.51. The Morgan fingerprint density at radius 3 is 2.86 bits per heavy atom. The van der Waals surface area contributed by atoms with Crippen LogP contribution in [0.25, 0.3) is 0 Å². The standard InChI is InChI=1S/C13H14BrF3N2OS/c14-8-1-2-11(10(5-8)13(15,16)17)19-12(20)6-9-7-21-4-3-18-9/h1-2,5,9,18H,3-4,6-7H2,(H,19,20). The quantitative estimate of drug-likeness (QED) is 0.840. The summed E-state index contributed by atoms with van der Waals surface area (Å²) in [4.78, 5) is 11.9. The van der Waals surface area contributed by atoms with Crippen molar-refractivity contribution in [3.63, 3.8) is 0 Å². The van der Waals surface area contributed by atoms with Gasteiger partial charge in [0.1, 0.15) is 0 Å². The molecule has 0 spiro atoms. The van der Waals surface area contributed by atoms with Gasteiger partial charge in [-0.05, 0) is 18.2 Å². The fraction of sp³-hybridized carbons (Fsp3) is 0.462. The molecule has 0 radical (unpaired) electrons. The van der Waals surface area contributed by atoms with Gasteiger partial charge in [0.15, 0.2) is 0 Å². The van der Waals surface area contributed by atoms with Crippen LogP contribution in [0.2, 0.25) is 0 Å². The lowest BCUT2D eigenvalue weighted by atomic mass is 10.1. The van der Waals surface area contributed by atoms with E-state index in [9.17, 15) is 18.0 Å². The van der Waals surface area contributed by atoms with Gasteiger partial charge in [-0.25, -0.2) is 0 Å². The molecule has 1 amide bonds. The van der Waals surface area contributed by atoms with E-state index in [1.165, 1.54) is 12.1 Å². The van der Waals surface area contributed by atoms with E-state index in [2.05, 4.69) is 26.6 Å². The van der Waals surface area contributed by atoms with Crippen molar-refractivity contribution in [2.45, 2.75) is 18.6 Å². The van der Waals surface area contributed by atoms with Gasteiger partial charge in [0.25, 0.3) is 0 Å². The molecular formula is C13H14BrF3N2OS. The summed E-state index contributed by atoms with van der Waals surface area (Å²) in [5.41, 5.74) is -1.06. The second kappa shape index (κ2) is 7.02. The molecule has 0 aromatic heterocycles. The fourth-order valence-electron chi connectivity index (χ4n) is 2.04. The maximum absolute atomic E-state index is 12.9. The van der Waals surface area contributed by atoms with Crippen LogP contribution < -0.4 is 10.6 Å². The number of nitrogens with one attached hydrogen (secondary N) is 2. The lowest BCUT2D eigenvalue weighted by Crippen LogP contribution is -2.40. The van der Waals surface area contributed by atoms with E-state index in [0.717, 1.165) is 24.1 Å². The number of thioether (sulfide) groups is 1. The second-order valence-electron chi connectivity index (χ2n) is 4.67. The van der Waals surface area contributed by atoms with Gasteiger partial charge < -0.3 is 10.6 Å². The average molecular weight is 383 g/mol. The Morgan fingerprint density at radius 2 is 2.24 bits per heavy atom. The lowest BCUT2D eigenvalue weighted by Gasteiger charge is -2.23.